The Morgan fingerprint density at radius 1 is 1.18 bits per heavy atom. The van der Waals surface area contributed by atoms with E-state index in [1.807, 2.05) is 31.4 Å². The maximum atomic E-state index is 16.1. The van der Waals surface area contributed by atoms with Crippen molar-refractivity contribution in [2.45, 2.75) is 49.7 Å². The van der Waals surface area contributed by atoms with E-state index in [9.17, 15) is 14.4 Å². The second-order valence-corrected chi connectivity index (χ2v) is 11.1. The third-order valence-electron chi connectivity index (χ3n) is 8.75. The van der Waals surface area contributed by atoms with Crippen molar-refractivity contribution in [1.82, 2.24) is 24.9 Å². The zero-order chi connectivity index (χ0) is 27.1. The summed E-state index contributed by atoms with van der Waals surface area (Å²) < 4.78 is 39.9. The van der Waals surface area contributed by atoms with E-state index < -0.39 is 29.8 Å². The highest BCUT2D eigenvalue weighted by Gasteiger charge is 2.62. The lowest BCUT2D eigenvalue weighted by Gasteiger charge is -2.44. The number of rotatable bonds is 3. The van der Waals surface area contributed by atoms with Gasteiger partial charge in [-0.1, -0.05) is 24.3 Å². The molecule has 202 valence electrons. The number of hydrogen-bond acceptors (Lipinski definition) is 6. The molecule has 1 unspecified atom stereocenters. The highest BCUT2D eigenvalue weighted by Crippen LogP contribution is 2.55. The number of carbonyl (C=O) groups excluding carboxylic acids is 3. The summed E-state index contributed by atoms with van der Waals surface area (Å²) in [4.78, 5) is 40.4. The Hall–Kier alpha value is -3.86. The number of aromatic nitrogens is 2. The standard InChI is InChI=1S/C28H27F2N5O4/c1-33-11-16-3-2-4-17(23(16)32-33)12-34-10-9-27(28(29,30)14-34)15-39-24-19-13-35(21-7-8-22(36)31-25(21)37)26(38)18(19)5-6-20(24)27/h2-6,11,21H,7-10,12-15H2,1H3,(H,31,36,37)/t21-,27?/m0/s1. The number of imide groups is 1. The summed E-state index contributed by atoms with van der Waals surface area (Å²) in [6.07, 6.45) is 2.49. The lowest BCUT2D eigenvalue weighted by Crippen LogP contribution is -2.58. The van der Waals surface area contributed by atoms with E-state index in [2.05, 4.69) is 10.4 Å². The van der Waals surface area contributed by atoms with Crippen molar-refractivity contribution >= 4 is 28.6 Å². The smallest absolute Gasteiger partial charge is 0.273 e. The van der Waals surface area contributed by atoms with Gasteiger partial charge in [-0.2, -0.15) is 5.10 Å². The number of likely N-dealkylation sites (tertiary alicyclic amines) is 1. The van der Waals surface area contributed by atoms with Gasteiger partial charge in [0, 0.05) is 48.3 Å². The fourth-order valence-electron chi connectivity index (χ4n) is 6.71. The zero-order valence-corrected chi connectivity index (χ0v) is 21.4. The average molecular weight is 536 g/mol. The number of aryl methyl sites for hydroxylation is 1. The second-order valence-electron chi connectivity index (χ2n) is 11.1. The number of alkyl halides is 2. The molecule has 3 aromatic rings. The van der Waals surface area contributed by atoms with Gasteiger partial charge in [-0.3, -0.25) is 29.3 Å². The van der Waals surface area contributed by atoms with Crippen molar-refractivity contribution in [2.75, 3.05) is 19.7 Å². The van der Waals surface area contributed by atoms with Crippen molar-refractivity contribution in [3.63, 3.8) is 0 Å². The van der Waals surface area contributed by atoms with Crippen LogP contribution in [0.2, 0.25) is 0 Å². The van der Waals surface area contributed by atoms with Crippen LogP contribution in [-0.4, -0.2) is 69.0 Å². The van der Waals surface area contributed by atoms with Crippen molar-refractivity contribution in [3.8, 4) is 5.75 Å². The van der Waals surface area contributed by atoms with Crippen LogP contribution in [0.3, 0.4) is 0 Å². The van der Waals surface area contributed by atoms with Gasteiger partial charge in [0.05, 0.1) is 24.0 Å². The van der Waals surface area contributed by atoms with Crippen molar-refractivity contribution < 1.29 is 27.9 Å². The first kappa shape index (κ1) is 24.2. The number of hydrogen-bond donors (Lipinski definition) is 1. The number of carbonyl (C=O) groups is 3. The van der Waals surface area contributed by atoms with Gasteiger partial charge in [-0.15, -0.1) is 0 Å². The number of halogens is 2. The van der Waals surface area contributed by atoms with E-state index in [-0.39, 0.29) is 44.2 Å². The quantitative estimate of drug-likeness (QED) is 0.518. The molecular formula is C28H27F2N5O4. The second kappa shape index (κ2) is 8.32. The first-order chi connectivity index (χ1) is 18.7. The summed E-state index contributed by atoms with van der Waals surface area (Å²) in [6, 6.07) is 8.23. The molecule has 0 saturated carbocycles. The molecule has 1 aromatic heterocycles. The van der Waals surface area contributed by atoms with Crippen molar-refractivity contribution in [2.24, 2.45) is 7.05 Å². The minimum absolute atomic E-state index is 0.0888. The first-order valence-electron chi connectivity index (χ1n) is 13.1. The molecule has 4 aliphatic rings. The summed E-state index contributed by atoms with van der Waals surface area (Å²) in [5.41, 5.74) is 1.57. The maximum absolute atomic E-state index is 16.1. The van der Waals surface area contributed by atoms with E-state index in [4.69, 9.17) is 4.74 Å². The van der Waals surface area contributed by atoms with E-state index in [0.717, 1.165) is 16.5 Å². The highest BCUT2D eigenvalue weighted by molar-refractivity contribution is 6.05. The normalized spacial score (nSPS) is 26.2. The Morgan fingerprint density at radius 3 is 2.82 bits per heavy atom. The van der Waals surface area contributed by atoms with Crippen molar-refractivity contribution in [1.29, 1.82) is 0 Å². The van der Waals surface area contributed by atoms with E-state index in [1.165, 1.54) is 4.90 Å². The SMILES string of the molecule is Cn1cc2cccc(CN3CCC4(COc5c4ccc4c5CN([C@H]5CCC(=O)NC5=O)C4=O)C(F)(F)C3)c2n1. The summed E-state index contributed by atoms with van der Waals surface area (Å²) >= 11 is 0. The summed E-state index contributed by atoms with van der Waals surface area (Å²) in [6.45, 7) is 0.332. The Balaban J connectivity index is 1.15. The predicted molar refractivity (Wildman–Crippen MR) is 135 cm³/mol. The van der Waals surface area contributed by atoms with Crippen LogP contribution in [0.25, 0.3) is 10.9 Å². The maximum Gasteiger partial charge on any atom is 0.273 e. The molecule has 0 bridgehead atoms. The molecule has 11 heteroatoms. The van der Waals surface area contributed by atoms with Gasteiger partial charge in [0.2, 0.25) is 11.8 Å². The molecule has 39 heavy (non-hydrogen) atoms. The molecule has 0 radical (unpaired) electrons. The Kier molecular flexibility index (Phi) is 5.16. The highest BCUT2D eigenvalue weighted by atomic mass is 19.3. The van der Waals surface area contributed by atoms with Gasteiger partial charge in [0.1, 0.15) is 18.4 Å². The summed E-state index contributed by atoms with van der Waals surface area (Å²) in [5.74, 6) is -3.97. The van der Waals surface area contributed by atoms with E-state index in [0.29, 0.717) is 35.5 Å². The van der Waals surface area contributed by atoms with Gasteiger partial charge in [-0.25, -0.2) is 8.78 Å². The minimum Gasteiger partial charge on any atom is -0.492 e. The van der Waals surface area contributed by atoms with Gasteiger partial charge in [0.25, 0.3) is 11.8 Å². The van der Waals surface area contributed by atoms with Crippen LogP contribution in [-0.2, 0) is 35.1 Å². The summed E-state index contributed by atoms with van der Waals surface area (Å²) in [7, 11) is 1.84. The zero-order valence-electron chi connectivity index (χ0n) is 21.4. The van der Waals surface area contributed by atoms with Crippen molar-refractivity contribution in [3.05, 3.63) is 58.8 Å². The fourth-order valence-corrected chi connectivity index (χ4v) is 6.71. The lowest BCUT2D eigenvalue weighted by atomic mass is 9.71. The van der Waals surface area contributed by atoms with Crippen LogP contribution < -0.4 is 10.1 Å². The first-order valence-corrected chi connectivity index (χ1v) is 13.1. The van der Waals surface area contributed by atoms with Crippen LogP contribution in [0.4, 0.5) is 8.78 Å². The molecule has 0 aliphatic carbocycles. The number of fused-ring (bicyclic) bond motifs is 5. The molecule has 7 rings (SSSR count). The molecule has 5 heterocycles. The van der Waals surface area contributed by atoms with Crippen LogP contribution in [0.1, 0.15) is 46.3 Å². The van der Waals surface area contributed by atoms with E-state index >= 15 is 8.78 Å². The molecule has 2 fully saturated rings. The Morgan fingerprint density at radius 2 is 2.03 bits per heavy atom. The molecule has 1 spiro atoms. The van der Waals surface area contributed by atoms with Gasteiger partial charge >= 0.3 is 0 Å². The molecular weight excluding hydrogens is 508 g/mol. The lowest BCUT2D eigenvalue weighted by molar-refractivity contribution is -0.137. The molecule has 3 amide bonds. The number of piperidine rings is 2. The molecule has 4 aliphatic heterocycles. The summed E-state index contributed by atoms with van der Waals surface area (Å²) in [5, 5.41) is 7.77. The minimum atomic E-state index is -3.07. The van der Waals surface area contributed by atoms with Crippen LogP contribution in [0.15, 0.2) is 36.5 Å². The molecule has 2 atom stereocenters. The van der Waals surface area contributed by atoms with Crippen LogP contribution in [0.5, 0.6) is 5.75 Å². The average Bonchev–Trinajstić information content (AvgIpc) is 3.56. The third kappa shape index (κ3) is 3.52. The van der Waals surface area contributed by atoms with Gasteiger partial charge in [0.15, 0.2) is 0 Å². The third-order valence-corrected chi connectivity index (χ3v) is 8.75. The molecule has 2 saturated heterocycles. The number of nitrogens with zero attached hydrogens (tertiary/aromatic N) is 4. The van der Waals surface area contributed by atoms with Gasteiger partial charge in [-0.05, 0) is 31.0 Å². The Labute approximate surface area is 222 Å². The van der Waals surface area contributed by atoms with Crippen LogP contribution in [0, 0.1) is 0 Å². The largest absolute Gasteiger partial charge is 0.492 e. The number of nitrogens with one attached hydrogen (secondary N) is 1. The van der Waals surface area contributed by atoms with E-state index in [1.54, 1.807) is 21.7 Å². The monoisotopic (exact) mass is 535 g/mol. The predicted octanol–water partition coefficient (Wildman–Crippen LogP) is 2.51. The van der Waals surface area contributed by atoms with Crippen LogP contribution >= 0.6 is 0 Å². The Bertz CT molecular complexity index is 1570. The topological polar surface area (TPSA) is 96.8 Å². The molecule has 9 nitrogen and oxygen atoms in total. The number of amides is 3. The fraction of sp³-hybridized carbons (Fsp3) is 0.429. The number of benzene rings is 2. The number of ether oxygens (including phenoxy) is 1. The van der Waals surface area contributed by atoms with Gasteiger partial charge < -0.3 is 9.64 Å². The molecule has 2 aromatic carbocycles. The molecule has 1 N–H and O–H groups in total.